The van der Waals surface area contributed by atoms with Crippen LogP contribution in [0.5, 0.6) is 0 Å². The topological polar surface area (TPSA) is 41.6 Å². The van der Waals surface area contributed by atoms with Crippen molar-refractivity contribution in [3.05, 3.63) is 0 Å². The second-order valence-electron chi connectivity index (χ2n) is 4.42. The van der Waals surface area contributed by atoms with Crippen LogP contribution in [0.15, 0.2) is 0 Å². The Morgan fingerprint density at radius 2 is 2.33 bits per heavy atom. The normalized spacial score (nSPS) is 27.7. The summed E-state index contributed by atoms with van der Waals surface area (Å²) in [7, 11) is 3.75. The summed E-state index contributed by atoms with van der Waals surface area (Å²) in [4.78, 5) is 14.1. The lowest BCUT2D eigenvalue weighted by Crippen LogP contribution is -2.44. The number of rotatable bonds is 4. The smallest absolute Gasteiger partial charge is 0.223 e. The number of carbonyl (C=O) groups excluding carboxylic acids is 1. The van der Waals surface area contributed by atoms with Gasteiger partial charge in [-0.3, -0.25) is 4.79 Å². The highest BCUT2D eigenvalue weighted by Gasteiger charge is 2.29. The van der Waals surface area contributed by atoms with Gasteiger partial charge < -0.3 is 15.0 Å². The quantitative estimate of drug-likeness (QED) is 0.686. The molecule has 1 rings (SSSR count). The molecule has 1 fully saturated rings. The zero-order valence-corrected chi connectivity index (χ0v) is 9.95. The first-order chi connectivity index (χ1) is 7.15. The SMILES string of the molecule is COCCNC(=O)C1CCN(C)CC1C. The lowest BCUT2D eigenvalue weighted by Gasteiger charge is -2.33. The first-order valence-corrected chi connectivity index (χ1v) is 5.60. The molecule has 15 heavy (non-hydrogen) atoms. The van der Waals surface area contributed by atoms with E-state index < -0.39 is 0 Å². The summed E-state index contributed by atoms with van der Waals surface area (Å²) in [6.45, 7) is 5.40. The average molecular weight is 214 g/mol. The summed E-state index contributed by atoms with van der Waals surface area (Å²) >= 11 is 0. The van der Waals surface area contributed by atoms with Crippen LogP contribution in [-0.2, 0) is 9.53 Å². The van der Waals surface area contributed by atoms with Gasteiger partial charge in [-0.2, -0.15) is 0 Å². The van der Waals surface area contributed by atoms with Crippen molar-refractivity contribution in [2.45, 2.75) is 13.3 Å². The summed E-state index contributed by atoms with van der Waals surface area (Å²) < 4.78 is 4.90. The molecule has 1 aliphatic heterocycles. The van der Waals surface area contributed by atoms with Crippen molar-refractivity contribution in [3.63, 3.8) is 0 Å². The van der Waals surface area contributed by atoms with Crippen LogP contribution in [0.3, 0.4) is 0 Å². The van der Waals surface area contributed by atoms with Crippen molar-refractivity contribution in [1.29, 1.82) is 0 Å². The Bertz CT molecular complexity index is 209. The monoisotopic (exact) mass is 214 g/mol. The van der Waals surface area contributed by atoms with Gasteiger partial charge in [0.2, 0.25) is 5.91 Å². The van der Waals surface area contributed by atoms with Gasteiger partial charge in [-0.15, -0.1) is 0 Å². The first-order valence-electron chi connectivity index (χ1n) is 5.60. The second kappa shape index (κ2) is 6.08. The van der Waals surface area contributed by atoms with Gasteiger partial charge in [0.15, 0.2) is 0 Å². The van der Waals surface area contributed by atoms with Crippen LogP contribution in [0.2, 0.25) is 0 Å². The maximum atomic E-state index is 11.8. The number of nitrogens with zero attached hydrogens (tertiary/aromatic N) is 1. The molecule has 1 heterocycles. The molecule has 2 atom stereocenters. The Morgan fingerprint density at radius 1 is 1.60 bits per heavy atom. The van der Waals surface area contributed by atoms with Crippen molar-refractivity contribution >= 4 is 5.91 Å². The van der Waals surface area contributed by atoms with Gasteiger partial charge >= 0.3 is 0 Å². The van der Waals surface area contributed by atoms with Crippen LogP contribution in [-0.4, -0.2) is 51.2 Å². The Balaban J connectivity index is 2.32. The fraction of sp³-hybridized carbons (Fsp3) is 0.909. The molecule has 0 saturated carbocycles. The van der Waals surface area contributed by atoms with E-state index in [1.807, 2.05) is 0 Å². The summed E-state index contributed by atoms with van der Waals surface area (Å²) in [5.41, 5.74) is 0. The zero-order valence-electron chi connectivity index (χ0n) is 9.95. The molecule has 1 saturated heterocycles. The Labute approximate surface area is 92.0 Å². The largest absolute Gasteiger partial charge is 0.383 e. The van der Waals surface area contributed by atoms with Gasteiger partial charge in [-0.25, -0.2) is 0 Å². The first kappa shape index (κ1) is 12.5. The molecule has 0 bridgehead atoms. The fourth-order valence-electron chi connectivity index (χ4n) is 2.15. The fourth-order valence-corrected chi connectivity index (χ4v) is 2.15. The molecule has 4 nitrogen and oxygen atoms in total. The van der Waals surface area contributed by atoms with Crippen LogP contribution in [0, 0.1) is 11.8 Å². The second-order valence-corrected chi connectivity index (χ2v) is 4.42. The van der Waals surface area contributed by atoms with Crippen molar-refractivity contribution in [2.75, 3.05) is 40.4 Å². The third-order valence-electron chi connectivity index (χ3n) is 3.05. The van der Waals surface area contributed by atoms with E-state index in [0.717, 1.165) is 19.5 Å². The minimum absolute atomic E-state index is 0.179. The molecule has 0 aromatic carbocycles. The van der Waals surface area contributed by atoms with Crippen molar-refractivity contribution < 1.29 is 9.53 Å². The van der Waals surface area contributed by atoms with Gasteiger partial charge in [0, 0.05) is 26.1 Å². The van der Waals surface area contributed by atoms with E-state index in [1.165, 1.54) is 0 Å². The number of ether oxygens (including phenoxy) is 1. The van der Waals surface area contributed by atoms with Crippen LogP contribution in [0.4, 0.5) is 0 Å². The lowest BCUT2D eigenvalue weighted by molar-refractivity contribution is -0.128. The summed E-state index contributed by atoms with van der Waals surface area (Å²) in [5.74, 6) is 0.817. The van der Waals surface area contributed by atoms with Gasteiger partial charge in [0.1, 0.15) is 0 Å². The molecule has 1 N–H and O–H groups in total. The molecular formula is C11H22N2O2. The summed E-state index contributed by atoms with van der Waals surface area (Å²) in [5, 5.41) is 2.92. The number of amides is 1. The van der Waals surface area contributed by atoms with Gasteiger partial charge in [0.25, 0.3) is 0 Å². The Kier molecular flexibility index (Phi) is 5.05. The lowest BCUT2D eigenvalue weighted by atomic mass is 9.86. The third kappa shape index (κ3) is 3.80. The van der Waals surface area contributed by atoms with Gasteiger partial charge in [0.05, 0.1) is 6.61 Å². The highest BCUT2D eigenvalue weighted by Crippen LogP contribution is 2.22. The number of methoxy groups -OCH3 is 1. The molecule has 4 heteroatoms. The summed E-state index contributed by atoms with van der Waals surface area (Å²) in [6, 6.07) is 0. The highest BCUT2D eigenvalue weighted by atomic mass is 16.5. The van der Waals surface area contributed by atoms with Gasteiger partial charge in [-0.1, -0.05) is 6.92 Å². The maximum absolute atomic E-state index is 11.8. The predicted molar refractivity (Wildman–Crippen MR) is 59.7 cm³/mol. The minimum Gasteiger partial charge on any atom is -0.383 e. The van der Waals surface area contributed by atoms with Crippen LogP contribution in [0.1, 0.15) is 13.3 Å². The summed E-state index contributed by atoms with van der Waals surface area (Å²) in [6.07, 6.45) is 0.969. The number of piperidine rings is 1. The van der Waals surface area contributed by atoms with E-state index in [1.54, 1.807) is 7.11 Å². The molecule has 0 radical (unpaired) electrons. The standard InChI is InChI=1S/C11H22N2O2/c1-9-8-13(2)6-4-10(9)11(14)12-5-7-15-3/h9-10H,4-8H2,1-3H3,(H,12,14). The number of nitrogens with one attached hydrogen (secondary N) is 1. The molecule has 0 spiro atoms. The number of likely N-dealkylation sites (tertiary alicyclic amines) is 1. The van der Waals surface area contributed by atoms with Gasteiger partial charge in [-0.05, 0) is 25.9 Å². The zero-order chi connectivity index (χ0) is 11.3. The highest BCUT2D eigenvalue weighted by molar-refractivity contribution is 5.79. The molecule has 1 aliphatic rings. The van der Waals surface area contributed by atoms with Crippen molar-refractivity contribution in [2.24, 2.45) is 11.8 Å². The van der Waals surface area contributed by atoms with E-state index in [0.29, 0.717) is 19.1 Å². The van der Waals surface area contributed by atoms with E-state index in [2.05, 4.69) is 24.2 Å². The van der Waals surface area contributed by atoms with Crippen molar-refractivity contribution in [3.8, 4) is 0 Å². The molecule has 2 unspecified atom stereocenters. The molecule has 0 aromatic heterocycles. The number of hydrogen-bond acceptors (Lipinski definition) is 3. The molecular weight excluding hydrogens is 192 g/mol. The number of carbonyl (C=O) groups is 1. The van der Waals surface area contributed by atoms with Crippen LogP contribution in [0.25, 0.3) is 0 Å². The van der Waals surface area contributed by atoms with E-state index in [4.69, 9.17) is 4.74 Å². The van der Waals surface area contributed by atoms with Crippen LogP contribution < -0.4 is 5.32 Å². The molecule has 0 aromatic rings. The van der Waals surface area contributed by atoms with Crippen molar-refractivity contribution in [1.82, 2.24) is 10.2 Å². The Morgan fingerprint density at radius 3 is 2.93 bits per heavy atom. The van der Waals surface area contributed by atoms with E-state index in [-0.39, 0.29) is 11.8 Å². The maximum Gasteiger partial charge on any atom is 0.223 e. The average Bonchev–Trinajstić information content (AvgIpc) is 2.17. The predicted octanol–water partition coefficient (Wildman–Crippen LogP) is 0.337. The van der Waals surface area contributed by atoms with E-state index in [9.17, 15) is 4.79 Å². The number of hydrogen-bond donors (Lipinski definition) is 1. The molecule has 88 valence electrons. The van der Waals surface area contributed by atoms with E-state index >= 15 is 0 Å². The van der Waals surface area contributed by atoms with Crippen LogP contribution >= 0.6 is 0 Å². The minimum atomic E-state index is 0.179. The third-order valence-corrected chi connectivity index (χ3v) is 3.05. The molecule has 1 amide bonds. The Hall–Kier alpha value is -0.610. The molecule has 0 aliphatic carbocycles.